The van der Waals surface area contributed by atoms with Crippen molar-refractivity contribution in [3.63, 3.8) is 0 Å². The molecule has 2 atom stereocenters. The van der Waals surface area contributed by atoms with Crippen molar-refractivity contribution in [3.8, 4) is 0 Å². The highest BCUT2D eigenvalue weighted by atomic mass is 35.5. The number of hydrogen-bond donors (Lipinski definition) is 3. The van der Waals surface area contributed by atoms with E-state index in [1.807, 2.05) is 39.0 Å². The van der Waals surface area contributed by atoms with Crippen LogP contribution in [0.15, 0.2) is 24.3 Å². The van der Waals surface area contributed by atoms with Crippen molar-refractivity contribution in [2.24, 2.45) is 0 Å². The molecule has 1 aromatic carbocycles. The van der Waals surface area contributed by atoms with Gasteiger partial charge >= 0.3 is 6.03 Å². The molecule has 0 aliphatic carbocycles. The maximum atomic E-state index is 11.7. The molecule has 1 rings (SSSR count). The third kappa shape index (κ3) is 6.14. The molecule has 0 aliphatic heterocycles. The van der Waals surface area contributed by atoms with Gasteiger partial charge in [-0.25, -0.2) is 4.79 Å². The smallest absolute Gasteiger partial charge is 0.321 e. The topological polar surface area (TPSA) is 70.2 Å². The Labute approximate surface area is 130 Å². The minimum absolute atomic E-state index is 0.0350. The summed E-state index contributed by atoms with van der Waals surface area (Å²) in [6, 6.07) is 6.92. The third-order valence-electron chi connectivity index (χ3n) is 3.18. The molecule has 21 heavy (non-hydrogen) atoms. The number of amides is 3. The van der Waals surface area contributed by atoms with Crippen molar-refractivity contribution in [1.82, 2.24) is 16.0 Å². The predicted molar refractivity (Wildman–Crippen MR) is 84.3 cm³/mol. The van der Waals surface area contributed by atoms with Gasteiger partial charge < -0.3 is 10.6 Å². The fourth-order valence-electron chi connectivity index (χ4n) is 1.71. The third-order valence-corrected chi connectivity index (χ3v) is 3.53. The predicted octanol–water partition coefficient (Wildman–Crippen LogP) is 2.61. The lowest BCUT2D eigenvalue weighted by Gasteiger charge is -2.16. The first kappa shape index (κ1) is 17.5. The van der Waals surface area contributed by atoms with E-state index in [0.717, 1.165) is 12.0 Å². The van der Waals surface area contributed by atoms with Crippen molar-refractivity contribution in [2.45, 2.75) is 39.3 Å². The molecule has 0 heterocycles. The Morgan fingerprint density at radius 2 is 1.90 bits per heavy atom. The van der Waals surface area contributed by atoms with Gasteiger partial charge in [0.05, 0.1) is 6.54 Å². The van der Waals surface area contributed by atoms with E-state index in [0.29, 0.717) is 5.02 Å². The number of carbonyl (C=O) groups is 2. The van der Waals surface area contributed by atoms with Gasteiger partial charge in [-0.05, 0) is 31.9 Å². The minimum Gasteiger partial charge on any atom is -0.335 e. The van der Waals surface area contributed by atoms with Crippen LogP contribution in [0.25, 0.3) is 0 Å². The van der Waals surface area contributed by atoms with Crippen LogP contribution in [0.4, 0.5) is 4.79 Å². The SMILES string of the molecule is CC[C@H](C)NC(=O)NC(=O)CN[C@H](C)c1ccccc1Cl. The highest BCUT2D eigenvalue weighted by Crippen LogP contribution is 2.21. The Kier molecular flexibility index (Phi) is 7.19. The van der Waals surface area contributed by atoms with Crippen LogP contribution in [0.5, 0.6) is 0 Å². The second kappa shape index (κ2) is 8.64. The molecule has 116 valence electrons. The highest BCUT2D eigenvalue weighted by molar-refractivity contribution is 6.31. The molecule has 3 amide bonds. The summed E-state index contributed by atoms with van der Waals surface area (Å²) in [5.74, 6) is -0.380. The van der Waals surface area contributed by atoms with Crippen molar-refractivity contribution in [2.75, 3.05) is 6.54 Å². The van der Waals surface area contributed by atoms with Crippen molar-refractivity contribution >= 4 is 23.5 Å². The van der Waals surface area contributed by atoms with Gasteiger partial charge in [-0.2, -0.15) is 0 Å². The largest absolute Gasteiger partial charge is 0.335 e. The minimum atomic E-state index is -0.471. The first-order valence-corrected chi connectivity index (χ1v) is 7.40. The van der Waals surface area contributed by atoms with Crippen LogP contribution in [0, 0.1) is 0 Å². The van der Waals surface area contributed by atoms with Gasteiger partial charge in [0.25, 0.3) is 0 Å². The molecule has 0 saturated heterocycles. The number of imide groups is 1. The average Bonchev–Trinajstić information content (AvgIpc) is 2.44. The molecule has 0 radical (unpaired) electrons. The van der Waals surface area contributed by atoms with Crippen LogP contribution in [-0.4, -0.2) is 24.5 Å². The average molecular weight is 312 g/mol. The lowest BCUT2D eigenvalue weighted by Crippen LogP contribution is -2.46. The van der Waals surface area contributed by atoms with Gasteiger partial charge in [0.15, 0.2) is 0 Å². The zero-order valence-electron chi connectivity index (χ0n) is 12.6. The molecule has 0 unspecified atom stereocenters. The molecular formula is C15H22ClN3O2. The van der Waals surface area contributed by atoms with Crippen molar-refractivity contribution in [3.05, 3.63) is 34.9 Å². The van der Waals surface area contributed by atoms with Gasteiger partial charge in [-0.15, -0.1) is 0 Å². The number of nitrogens with one attached hydrogen (secondary N) is 3. The van der Waals surface area contributed by atoms with E-state index in [4.69, 9.17) is 11.6 Å². The van der Waals surface area contributed by atoms with Crippen LogP contribution >= 0.6 is 11.6 Å². The van der Waals surface area contributed by atoms with Gasteiger partial charge in [-0.1, -0.05) is 36.7 Å². The number of hydrogen-bond acceptors (Lipinski definition) is 3. The zero-order chi connectivity index (χ0) is 15.8. The van der Waals surface area contributed by atoms with Crippen molar-refractivity contribution < 1.29 is 9.59 Å². The van der Waals surface area contributed by atoms with Gasteiger partial charge in [0.1, 0.15) is 0 Å². The summed E-state index contributed by atoms with van der Waals surface area (Å²) < 4.78 is 0. The molecule has 0 fully saturated rings. The van der Waals surface area contributed by atoms with E-state index in [2.05, 4.69) is 16.0 Å². The van der Waals surface area contributed by atoms with Crippen LogP contribution in [0.3, 0.4) is 0 Å². The number of urea groups is 1. The summed E-state index contributed by atoms with van der Waals surface area (Å²) in [4.78, 5) is 23.2. The Morgan fingerprint density at radius 1 is 1.24 bits per heavy atom. The van der Waals surface area contributed by atoms with Crippen LogP contribution in [0.1, 0.15) is 38.8 Å². The quantitative estimate of drug-likeness (QED) is 0.756. The Morgan fingerprint density at radius 3 is 2.52 bits per heavy atom. The summed E-state index contributed by atoms with van der Waals surface area (Å²) in [5.41, 5.74) is 0.913. The van der Waals surface area contributed by atoms with E-state index in [1.165, 1.54) is 0 Å². The molecule has 5 nitrogen and oxygen atoms in total. The van der Waals surface area contributed by atoms with E-state index in [-0.39, 0.29) is 24.5 Å². The van der Waals surface area contributed by atoms with E-state index in [9.17, 15) is 9.59 Å². The molecule has 6 heteroatoms. The first-order chi connectivity index (χ1) is 9.93. The van der Waals surface area contributed by atoms with Crippen LogP contribution < -0.4 is 16.0 Å². The van der Waals surface area contributed by atoms with Gasteiger partial charge in [0, 0.05) is 17.1 Å². The van der Waals surface area contributed by atoms with E-state index >= 15 is 0 Å². The number of carbonyl (C=O) groups excluding carboxylic acids is 2. The maximum Gasteiger partial charge on any atom is 0.321 e. The molecule has 1 aromatic rings. The Bertz CT molecular complexity index is 494. The van der Waals surface area contributed by atoms with Gasteiger partial charge in [0.2, 0.25) is 5.91 Å². The van der Waals surface area contributed by atoms with E-state index < -0.39 is 6.03 Å². The second-order valence-corrected chi connectivity index (χ2v) is 5.36. The Balaban J connectivity index is 2.39. The summed E-state index contributed by atoms with van der Waals surface area (Å²) >= 11 is 6.09. The molecule has 0 aliphatic rings. The van der Waals surface area contributed by atoms with Crippen LogP contribution in [-0.2, 0) is 4.79 Å². The van der Waals surface area contributed by atoms with Gasteiger partial charge in [-0.3, -0.25) is 10.1 Å². The molecule has 0 saturated carbocycles. The number of rotatable bonds is 6. The monoisotopic (exact) mass is 311 g/mol. The lowest BCUT2D eigenvalue weighted by atomic mass is 10.1. The molecular weight excluding hydrogens is 290 g/mol. The Hall–Kier alpha value is -1.59. The summed E-state index contributed by atoms with van der Waals surface area (Å²) in [5, 5.41) is 8.63. The lowest BCUT2D eigenvalue weighted by molar-refractivity contribution is -0.119. The van der Waals surface area contributed by atoms with Crippen molar-refractivity contribution in [1.29, 1.82) is 0 Å². The summed E-state index contributed by atoms with van der Waals surface area (Å²) in [7, 11) is 0. The summed E-state index contributed by atoms with van der Waals surface area (Å²) in [6.45, 7) is 5.79. The number of halogens is 1. The molecule has 0 spiro atoms. The normalized spacial score (nSPS) is 13.3. The fourth-order valence-corrected chi connectivity index (χ4v) is 2.01. The summed E-state index contributed by atoms with van der Waals surface area (Å²) in [6.07, 6.45) is 0.809. The fraction of sp³-hybridized carbons (Fsp3) is 0.467. The maximum absolute atomic E-state index is 11.7. The standard InChI is InChI=1S/C15H22ClN3O2/c1-4-10(2)18-15(21)19-14(20)9-17-11(3)12-7-5-6-8-13(12)16/h5-8,10-11,17H,4,9H2,1-3H3,(H2,18,19,20,21)/t10-,11+/m0/s1. The number of benzene rings is 1. The second-order valence-electron chi connectivity index (χ2n) is 4.96. The highest BCUT2D eigenvalue weighted by Gasteiger charge is 2.13. The first-order valence-electron chi connectivity index (χ1n) is 7.02. The zero-order valence-corrected chi connectivity index (χ0v) is 13.3. The molecule has 0 bridgehead atoms. The molecule has 3 N–H and O–H groups in total. The molecule has 0 aromatic heterocycles. The van der Waals surface area contributed by atoms with E-state index in [1.54, 1.807) is 6.07 Å². The van der Waals surface area contributed by atoms with Crippen LogP contribution in [0.2, 0.25) is 5.02 Å².